The van der Waals surface area contributed by atoms with Crippen LogP contribution in [0.3, 0.4) is 0 Å². The lowest BCUT2D eigenvalue weighted by molar-refractivity contribution is 0.0528. The highest BCUT2D eigenvalue weighted by molar-refractivity contribution is 7.20. The molecule has 0 aromatic carbocycles. The average Bonchev–Trinajstić information content (AvgIpc) is 3.25. The number of rotatable bonds is 6. The Hall–Kier alpha value is -2.76. The molecule has 2 N–H and O–H groups in total. The van der Waals surface area contributed by atoms with Gasteiger partial charge in [-0.1, -0.05) is 11.6 Å². The number of furan rings is 1. The fraction of sp³-hybridized carbons (Fsp3) is 0.350. The Morgan fingerprint density at radius 1 is 1.45 bits per heavy atom. The number of halogens is 1. The van der Waals surface area contributed by atoms with Crippen molar-refractivity contribution in [2.45, 2.75) is 39.3 Å². The first kappa shape index (κ1) is 21.0. The predicted octanol–water partition coefficient (Wildman–Crippen LogP) is 5.09. The summed E-state index contributed by atoms with van der Waals surface area (Å²) in [5.41, 5.74) is 1.25. The van der Waals surface area contributed by atoms with Gasteiger partial charge in [-0.15, -0.1) is 11.3 Å². The molecule has 152 valence electrons. The molecule has 9 heteroatoms. The van der Waals surface area contributed by atoms with Gasteiger partial charge in [-0.2, -0.15) is 5.26 Å². The highest BCUT2D eigenvalue weighted by atomic mass is 35.5. The van der Waals surface area contributed by atoms with Crippen molar-refractivity contribution >= 4 is 44.9 Å². The maximum Gasteiger partial charge on any atom is 0.407 e. The molecule has 0 aliphatic heterocycles. The number of nitrogens with one attached hydrogen (secondary N) is 2. The molecule has 3 aromatic rings. The van der Waals surface area contributed by atoms with Crippen molar-refractivity contribution in [3.63, 3.8) is 0 Å². The zero-order chi connectivity index (χ0) is 21.0. The molecular formula is C20H21ClN4O3S. The maximum atomic E-state index is 11.8. The Kier molecular flexibility index (Phi) is 6.30. The summed E-state index contributed by atoms with van der Waals surface area (Å²) >= 11 is 7.63. The Bertz CT molecular complexity index is 1050. The number of hydrogen-bond donors (Lipinski definition) is 2. The lowest BCUT2D eigenvalue weighted by Gasteiger charge is -2.19. The molecule has 0 spiro atoms. The van der Waals surface area contributed by atoms with E-state index in [-0.39, 0.29) is 0 Å². The summed E-state index contributed by atoms with van der Waals surface area (Å²) in [6.45, 7) is 6.24. The number of ether oxygens (including phenoxy) is 1. The minimum Gasteiger partial charge on any atom is -0.467 e. The van der Waals surface area contributed by atoms with Gasteiger partial charge in [0.05, 0.1) is 28.8 Å². The zero-order valence-electron chi connectivity index (χ0n) is 16.3. The Morgan fingerprint density at radius 2 is 2.24 bits per heavy atom. The maximum absolute atomic E-state index is 11.8. The fourth-order valence-corrected chi connectivity index (χ4v) is 4.07. The minimum absolute atomic E-state index is 0.298. The molecule has 0 saturated heterocycles. The predicted molar refractivity (Wildman–Crippen MR) is 113 cm³/mol. The number of carbonyl (C=O) groups excluding carboxylic acids is 1. The van der Waals surface area contributed by atoms with Crippen molar-refractivity contribution in [3.05, 3.63) is 45.8 Å². The third-order valence-corrected chi connectivity index (χ3v) is 5.31. The SMILES string of the molecule is CC(C)(C)OC(=O)NCCc1sc2c(NCc3ccco3)cc(Cl)nc2c1C#N. The lowest BCUT2D eigenvalue weighted by atomic mass is 10.2. The summed E-state index contributed by atoms with van der Waals surface area (Å²) in [6, 6.07) is 7.64. The number of nitrogens with zero attached hydrogens (tertiary/aromatic N) is 2. The molecule has 0 aliphatic carbocycles. The van der Waals surface area contributed by atoms with E-state index in [1.54, 1.807) is 33.1 Å². The number of aromatic nitrogens is 1. The van der Waals surface area contributed by atoms with Gasteiger partial charge in [0, 0.05) is 23.9 Å². The number of alkyl carbamates (subject to hydrolysis) is 1. The second kappa shape index (κ2) is 8.72. The third-order valence-electron chi connectivity index (χ3n) is 3.85. The molecule has 3 aromatic heterocycles. The Morgan fingerprint density at radius 3 is 2.90 bits per heavy atom. The smallest absolute Gasteiger partial charge is 0.407 e. The van der Waals surface area contributed by atoms with Crippen molar-refractivity contribution in [2.24, 2.45) is 0 Å². The molecule has 0 aliphatic rings. The second-order valence-corrected chi connectivity index (χ2v) is 8.79. The van der Waals surface area contributed by atoms with Crippen LogP contribution in [0.1, 0.15) is 37.0 Å². The number of pyridine rings is 1. The summed E-state index contributed by atoms with van der Waals surface area (Å²) in [4.78, 5) is 17.0. The van der Waals surface area contributed by atoms with Crippen LogP contribution in [-0.4, -0.2) is 23.2 Å². The van der Waals surface area contributed by atoms with Gasteiger partial charge >= 0.3 is 6.09 Å². The van der Waals surface area contributed by atoms with Crippen LogP contribution >= 0.6 is 22.9 Å². The van der Waals surface area contributed by atoms with Crippen molar-refractivity contribution in [1.29, 1.82) is 5.26 Å². The van der Waals surface area contributed by atoms with E-state index >= 15 is 0 Å². The van der Waals surface area contributed by atoms with Crippen LogP contribution < -0.4 is 10.6 Å². The van der Waals surface area contributed by atoms with Gasteiger partial charge < -0.3 is 19.8 Å². The summed E-state index contributed by atoms with van der Waals surface area (Å²) in [6.07, 6.45) is 1.61. The van der Waals surface area contributed by atoms with Crippen molar-refractivity contribution in [2.75, 3.05) is 11.9 Å². The first-order chi connectivity index (χ1) is 13.8. The molecule has 0 atom stereocenters. The van der Waals surface area contributed by atoms with E-state index in [0.29, 0.717) is 35.7 Å². The van der Waals surface area contributed by atoms with E-state index in [1.165, 1.54) is 11.3 Å². The van der Waals surface area contributed by atoms with Crippen LogP contribution in [0.2, 0.25) is 5.15 Å². The van der Waals surface area contributed by atoms with Crippen LogP contribution in [-0.2, 0) is 17.7 Å². The van der Waals surface area contributed by atoms with E-state index in [9.17, 15) is 10.1 Å². The molecule has 0 bridgehead atoms. The van der Waals surface area contributed by atoms with E-state index in [1.807, 2.05) is 12.1 Å². The van der Waals surface area contributed by atoms with Crippen LogP contribution in [0.5, 0.6) is 0 Å². The van der Waals surface area contributed by atoms with E-state index in [0.717, 1.165) is 21.0 Å². The number of anilines is 1. The molecule has 7 nitrogen and oxygen atoms in total. The number of fused-ring (bicyclic) bond motifs is 1. The van der Waals surface area contributed by atoms with Gasteiger partial charge in [0.2, 0.25) is 0 Å². The molecule has 29 heavy (non-hydrogen) atoms. The number of nitriles is 1. The fourth-order valence-electron chi connectivity index (χ4n) is 2.69. The largest absolute Gasteiger partial charge is 0.467 e. The van der Waals surface area contributed by atoms with Crippen molar-refractivity contribution in [3.8, 4) is 6.07 Å². The first-order valence-electron chi connectivity index (χ1n) is 9.02. The highest BCUT2D eigenvalue weighted by Crippen LogP contribution is 2.36. The second-order valence-electron chi connectivity index (χ2n) is 7.29. The summed E-state index contributed by atoms with van der Waals surface area (Å²) in [7, 11) is 0. The van der Waals surface area contributed by atoms with Gasteiger partial charge in [-0.25, -0.2) is 9.78 Å². The lowest BCUT2D eigenvalue weighted by Crippen LogP contribution is -2.33. The number of carbonyl (C=O) groups is 1. The normalized spacial score (nSPS) is 11.3. The molecule has 0 saturated carbocycles. The van der Waals surface area contributed by atoms with Crippen molar-refractivity contribution in [1.82, 2.24) is 10.3 Å². The minimum atomic E-state index is -0.561. The van der Waals surface area contributed by atoms with Crippen LogP contribution in [0.4, 0.5) is 10.5 Å². The van der Waals surface area contributed by atoms with Gasteiger partial charge in [0.1, 0.15) is 28.1 Å². The average molecular weight is 433 g/mol. The third kappa shape index (κ3) is 5.40. The molecule has 0 unspecified atom stereocenters. The van der Waals surface area contributed by atoms with Crippen LogP contribution in [0, 0.1) is 11.3 Å². The molecule has 0 fully saturated rings. The Labute approximate surface area is 177 Å². The zero-order valence-corrected chi connectivity index (χ0v) is 17.9. The molecule has 3 rings (SSSR count). The number of hydrogen-bond acceptors (Lipinski definition) is 7. The standard InChI is InChI=1S/C20H21ClN4O3S/c1-20(2,3)28-19(26)23-7-6-15-13(10-22)17-18(29-15)14(9-16(21)25-17)24-11-12-5-4-8-27-12/h4-5,8-9H,6-7,11H2,1-3H3,(H,23,26)(H,24,25). The summed E-state index contributed by atoms with van der Waals surface area (Å²) < 4.78 is 11.4. The van der Waals surface area contributed by atoms with Gasteiger partial charge in [-0.3, -0.25) is 0 Å². The molecule has 0 radical (unpaired) electrons. The monoisotopic (exact) mass is 432 g/mol. The van der Waals surface area contributed by atoms with E-state index in [2.05, 4.69) is 21.7 Å². The number of thiophene rings is 1. The van der Waals surface area contributed by atoms with Crippen molar-refractivity contribution < 1.29 is 13.9 Å². The van der Waals surface area contributed by atoms with E-state index in [4.69, 9.17) is 20.8 Å². The first-order valence-corrected chi connectivity index (χ1v) is 10.2. The molecular weight excluding hydrogens is 412 g/mol. The quantitative estimate of drug-likeness (QED) is 0.526. The van der Waals surface area contributed by atoms with Crippen LogP contribution in [0.25, 0.3) is 10.2 Å². The van der Waals surface area contributed by atoms with Gasteiger partial charge in [-0.05, 0) is 32.9 Å². The van der Waals surface area contributed by atoms with E-state index < -0.39 is 11.7 Å². The van der Waals surface area contributed by atoms with Gasteiger partial charge in [0.25, 0.3) is 0 Å². The summed E-state index contributed by atoms with van der Waals surface area (Å²) in [5.74, 6) is 0.782. The van der Waals surface area contributed by atoms with Gasteiger partial charge in [0.15, 0.2) is 0 Å². The highest BCUT2D eigenvalue weighted by Gasteiger charge is 2.19. The topological polar surface area (TPSA) is 100 Å². The van der Waals surface area contributed by atoms with Crippen LogP contribution in [0.15, 0.2) is 28.9 Å². The Balaban J connectivity index is 1.78. The molecule has 1 amide bonds. The molecule has 3 heterocycles. The number of amides is 1. The summed E-state index contributed by atoms with van der Waals surface area (Å²) in [5, 5.41) is 16.0.